The number of hydrogen-bond donors (Lipinski definition) is 2. The Bertz CT molecular complexity index is 234. The van der Waals surface area contributed by atoms with Gasteiger partial charge in [-0.2, -0.15) is 0 Å². The summed E-state index contributed by atoms with van der Waals surface area (Å²) in [5, 5.41) is 17.3. The lowest BCUT2D eigenvalue weighted by molar-refractivity contribution is -0.00683. The lowest BCUT2D eigenvalue weighted by atomic mass is 10.2. The number of aliphatic hydroxyl groups is 2. The van der Waals surface area contributed by atoms with E-state index in [0.29, 0.717) is 11.3 Å². The summed E-state index contributed by atoms with van der Waals surface area (Å²) in [6.07, 6.45) is 1.70. The monoisotopic (exact) mass is 154 g/mol. The maximum Gasteiger partial charge on any atom is 0.174 e. The van der Waals surface area contributed by atoms with Crippen LogP contribution in [-0.4, -0.2) is 16.5 Å². The van der Waals surface area contributed by atoms with Gasteiger partial charge < -0.3 is 14.6 Å². The van der Waals surface area contributed by atoms with Gasteiger partial charge in [0, 0.05) is 0 Å². The number of rotatable bonds is 2. The van der Waals surface area contributed by atoms with Gasteiger partial charge in [0.1, 0.15) is 5.76 Å². The van der Waals surface area contributed by atoms with Gasteiger partial charge in [-0.3, -0.25) is 0 Å². The Balaban J connectivity index is 2.74. The summed E-state index contributed by atoms with van der Waals surface area (Å²) in [5.41, 5.74) is 0.458. The Hall–Kier alpha value is -1.06. The van der Waals surface area contributed by atoms with Crippen LogP contribution in [-0.2, 0) is 0 Å². The smallest absolute Gasteiger partial charge is 0.174 e. The van der Waals surface area contributed by atoms with E-state index in [9.17, 15) is 0 Å². The molecule has 0 aliphatic carbocycles. The zero-order chi connectivity index (χ0) is 8.27. The van der Waals surface area contributed by atoms with Gasteiger partial charge >= 0.3 is 0 Å². The van der Waals surface area contributed by atoms with Crippen molar-refractivity contribution in [3.05, 3.63) is 29.7 Å². The summed E-state index contributed by atoms with van der Waals surface area (Å²) in [6, 6.07) is 3.48. The molecule has 0 bridgehead atoms. The predicted molar refractivity (Wildman–Crippen MR) is 40.6 cm³/mol. The van der Waals surface area contributed by atoms with Gasteiger partial charge in [-0.25, -0.2) is 0 Å². The highest BCUT2D eigenvalue weighted by Crippen LogP contribution is 2.08. The zero-order valence-electron chi connectivity index (χ0n) is 6.19. The van der Waals surface area contributed by atoms with E-state index in [1.807, 2.05) is 0 Å². The quantitative estimate of drug-likeness (QED) is 0.624. The molecule has 0 fully saturated rings. The molecule has 1 rings (SSSR count). The van der Waals surface area contributed by atoms with Crippen LogP contribution >= 0.6 is 0 Å². The van der Waals surface area contributed by atoms with Crippen LogP contribution in [0.4, 0.5) is 0 Å². The van der Waals surface area contributed by atoms with Gasteiger partial charge in [-0.05, 0) is 30.7 Å². The highest BCUT2D eigenvalue weighted by atomic mass is 16.5. The minimum atomic E-state index is -1.40. The predicted octanol–water partition coefficient (Wildman–Crippen LogP) is 0.994. The van der Waals surface area contributed by atoms with Gasteiger partial charge in [0.2, 0.25) is 0 Å². The normalized spacial score (nSPS) is 12.5. The molecule has 1 aromatic heterocycles. The van der Waals surface area contributed by atoms with Gasteiger partial charge in [-0.15, -0.1) is 0 Å². The first-order valence-corrected chi connectivity index (χ1v) is 3.28. The van der Waals surface area contributed by atoms with Crippen LogP contribution in [0, 0.1) is 0 Å². The van der Waals surface area contributed by atoms with E-state index in [0.717, 1.165) is 0 Å². The first-order valence-electron chi connectivity index (χ1n) is 3.28. The van der Waals surface area contributed by atoms with E-state index in [4.69, 9.17) is 14.6 Å². The van der Waals surface area contributed by atoms with Crippen molar-refractivity contribution in [3.8, 4) is 0 Å². The van der Waals surface area contributed by atoms with Crippen LogP contribution in [0.5, 0.6) is 0 Å². The highest BCUT2D eigenvalue weighted by molar-refractivity contribution is 5.46. The molecule has 0 unspecified atom stereocenters. The summed E-state index contributed by atoms with van der Waals surface area (Å²) in [5.74, 6) is 0.621. The number of aliphatic hydroxyl groups excluding tert-OH is 1. The number of hydrogen-bond acceptors (Lipinski definition) is 3. The lowest BCUT2D eigenvalue weighted by Gasteiger charge is -2.00. The molecule has 0 saturated heterocycles. The fourth-order valence-corrected chi connectivity index (χ4v) is 0.672. The molecule has 60 valence electrons. The third kappa shape index (κ3) is 2.22. The third-order valence-corrected chi connectivity index (χ3v) is 1.32. The molecule has 3 nitrogen and oxygen atoms in total. The summed E-state index contributed by atoms with van der Waals surface area (Å²) in [4.78, 5) is 0. The molecule has 11 heavy (non-hydrogen) atoms. The molecule has 1 aromatic rings. The molecule has 0 atom stereocenters. The number of furan rings is 1. The van der Waals surface area contributed by atoms with Crippen molar-refractivity contribution in [2.75, 3.05) is 0 Å². The zero-order valence-corrected chi connectivity index (χ0v) is 6.19. The maximum absolute atomic E-state index is 8.67. The average Bonchev–Trinajstić information content (AvgIpc) is 2.39. The van der Waals surface area contributed by atoms with E-state index < -0.39 is 6.29 Å². The Morgan fingerprint density at radius 2 is 2.36 bits per heavy atom. The summed E-state index contributed by atoms with van der Waals surface area (Å²) in [6.45, 7) is 1.62. The van der Waals surface area contributed by atoms with Gasteiger partial charge in [-0.1, -0.05) is 0 Å². The van der Waals surface area contributed by atoms with Crippen molar-refractivity contribution in [2.24, 2.45) is 0 Å². The minimum Gasteiger partial charge on any atom is -0.465 e. The topological polar surface area (TPSA) is 53.6 Å². The molecule has 0 aliphatic heterocycles. The fraction of sp³-hybridized carbons (Fsp3) is 0.250. The van der Waals surface area contributed by atoms with Gasteiger partial charge in [0.25, 0.3) is 0 Å². The van der Waals surface area contributed by atoms with E-state index in [2.05, 4.69) is 0 Å². The molecule has 0 amide bonds. The second-order valence-electron chi connectivity index (χ2n) is 2.28. The summed E-state index contributed by atoms with van der Waals surface area (Å²) in [7, 11) is 0. The van der Waals surface area contributed by atoms with E-state index in [-0.39, 0.29) is 0 Å². The van der Waals surface area contributed by atoms with Crippen molar-refractivity contribution in [3.63, 3.8) is 0 Å². The summed E-state index contributed by atoms with van der Waals surface area (Å²) < 4.78 is 4.96. The lowest BCUT2D eigenvalue weighted by Crippen LogP contribution is -2.04. The molecule has 0 spiro atoms. The standard InChI is InChI=1S/C8H10O3/c1-6(8(9)10)5-7-3-2-4-11-7/h2-5,8-10H,1H3. The average molecular weight is 154 g/mol. The second kappa shape index (κ2) is 3.37. The van der Waals surface area contributed by atoms with Crippen LogP contribution in [0.2, 0.25) is 0 Å². The highest BCUT2D eigenvalue weighted by Gasteiger charge is 2.00. The first-order chi connectivity index (χ1) is 5.20. The van der Waals surface area contributed by atoms with Crippen molar-refractivity contribution in [1.29, 1.82) is 0 Å². The van der Waals surface area contributed by atoms with E-state index >= 15 is 0 Å². The second-order valence-corrected chi connectivity index (χ2v) is 2.28. The molecular weight excluding hydrogens is 144 g/mol. The Kier molecular flexibility index (Phi) is 2.46. The largest absolute Gasteiger partial charge is 0.465 e. The van der Waals surface area contributed by atoms with Crippen LogP contribution in [0.25, 0.3) is 6.08 Å². The van der Waals surface area contributed by atoms with Crippen molar-refractivity contribution in [2.45, 2.75) is 13.2 Å². The van der Waals surface area contributed by atoms with Gasteiger partial charge in [0.15, 0.2) is 6.29 Å². The van der Waals surface area contributed by atoms with Crippen LogP contribution in [0.3, 0.4) is 0 Å². The Labute approximate surface area is 64.6 Å². The molecule has 0 saturated carbocycles. The Morgan fingerprint density at radius 3 is 2.82 bits per heavy atom. The van der Waals surface area contributed by atoms with Crippen LogP contribution in [0.15, 0.2) is 28.4 Å². The molecule has 1 heterocycles. The fourth-order valence-electron chi connectivity index (χ4n) is 0.672. The van der Waals surface area contributed by atoms with Crippen LogP contribution < -0.4 is 0 Å². The molecule has 3 heteroatoms. The van der Waals surface area contributed by atoms with E-state index in [1.54, 1.807) is 25.1 Å². The van der Waals surface area contributed by atoms with Crippen LogP contribution in [0.1, 0.15) is 12.7 Å². The molecule has 0 aromatic carbocycles. The Morgan fingerprint density at radius 1 is 1.64 bits per heavy atom. The maximum atomic E-state index is 8.67. The van der Waals surface area contributed by atoms with Gasteiger partial charge in [0.05, 0.1) is 6.26 Å². The van der Waals surface area contributed by atoms with E-state index in [1.165, 1.54) is 6.26 Å². The molecule has 0 aliphatic rings. The van der Waals surface area contributed by atoms with Crippen molar-refractivity contribution >= 4 is 6.08 Å². The first kappa shape index (κ1) is 8.04. The minimum absolute atomic E-state index is 0.458. The molecular formula is C8H10O3. The van der Waals surface area contributed by atoms with Crippen molar-refractivity contribution < 1.29 is 14.6 Å². The summed E-state index contributed by atoms with van der Waals surface area (Å²) >= 11 is 0. The molecule has 2 N–H and O–H groups in total. The molecule has 0 radical (unpaired) electrons. The third-order valence-electron chi connectivity index (χ3n) is 1.32. The van der Waals surface area contributed by atoms with Crippen molar-refractivity contribution in [1.82, 2.24) is 0 Å². The SMILES string of the molecule is CC(=Cc1ccco1)C(O)O.